The van der Waals surface area contributed by atoms with E-state index in [-0.39, 0.29) is 0 Å². The van der Waals surface area contributed by atoms with E-state index in [1.165, 1.54) is 37.2 Å². The summed E-state index contributed by atoms with van der Waals surface area (Å²) in [6.45, 7) is 4.63. The van der Waals surface area contributed by atoms with Gasteiger partial charge in [0.15, 0.2) is 0 Å². The lowest BCUT2D eigenvalue weighted by Gasteiger charge is -2.18. The zero-order chi connectivity index (χ0) is 10.4. The summed E-state index contributed by atoms with van der Waals surface area (Å²) in [6, 6.07) is 0. The molecule has 1 rings (SSSR count). The van der Waals surface area contributed by atoms with Crippen LogP contribution in [0.4, 0.5) is 0 Å². The minimum Gasteiger partial charge on any atom is -0.179 e. The summed E-state index contributed by atoms with van der Waals surface area (Å²) in [5.41, 5.74) is 0. The van der Waals surface area contributed by atoms with Crippen LogP contribution in [-0.2, 0) is 0 Å². The number of rotatable bonds is 6. The van der Waals surface area contributed by atoms with Gasteiger partial charge < -0.3 is 0 Å². The topological polar surface area (TPSA) is 0 Å². The first-order valence-corrected chi connectivity index (χ1v) is 7.71. The highest BCUT2D eigenvalue weighted by Crippen LogP contribution is 2.29. The smallest absolute Gasteiger partial charge is 0.00288 e. The molecule has 0 aliphatic heterocycles. The zero-order valence-corrected chi connectivity index (χ0v) is 11.2. The number of hydrogen-bond donors (Lipinski definition) is 1. The predicted octanol–water partition coefficient (Wildman–Crippen LogP) is 4.11. The first-order valence-electron chi connectivity index (χ1n) is 5.92. The molecule has 0 nitrogen and oxygen atoms in total. The van der Waals surface area contributed by atoms with E-state index in [1.54, 1.807) is 0 Å². The van der Waals surface area contributed by atoms with Gasteiger partial charge in [0.1, 0.15) is 0 Å². The highest BCUT2D eigenvalue weighted by molar-refractivity contribution is 7.99. The lowest BCUT2D eigenvalue weighted by Crippen LogP contribution is -2.14. The van der Waals surface area contributed by atoms with Crippen LogP contribution >= 0.6 is 24.4 Å². The van der Waals surface area contributed by atoms with Gasteiger partial charge in [0, 0.05) is 0 Å². The van der Waals surface area contributed by atoms with Crippen LogP contribution < -0.4 is 0 Å². The Morgan fingerprint density at radius 2 is 1.93 bits per heavy atom. The fourth-order valence-electron chi connectivity index (χ4n) is 2.02. The van der Waals surface area contributed by atoms with E-state index in [9.17, 15) is 0 Å². The van der Waals surface area contributed by atoms with Crippen molar-refractivity contribution in [2.45, 2.75) is 39.5 Å². The fourth-order valence-corrected chi connectivity index (χ4v) is 4.35. The third-order valence-corrected chi connectivity index (χ3v) is 5.18. The molecule has 0 N–H and O–H groups in total. The van der Waals surface area contributed by atoms with Gasteiger partial charge in [-0.25, -0.2) is 0 Å². The van der Waals surface area contributed by atoms with Crippen LogP contribution in [0.1, 0.15) is 39.5 Å². The van der Waals surface area contributed by atoms with Crippen molar-refractivity contribution in [3.8, 4) is 0 Å². The quantitative estimate of drug-likeness (QED) is 0.672. The summed E-state index contributed by atoms with van der Waals surface area (Å²) in [5, 5.41) is 0. The number of hydrogen-bond acceptors (Lipinski definition) is 2. The Morgan fingerprint density at radius 1 is 1.29 bits per heavy atom. The van der Waals surface area contributed by atoms with Crippen molar-refractivity contribution in [3.05, 3.63) is 0 Å². The minimum absolute atomic E-state index is 0.795. The number of thioether (sulfide) groups is 1. The molecule has 0 bridgehead atoms. The van der Waals surface area contributed by atoms with Crippen LogP contribution in [0.15, 0.2) is 0 Å². The Balaban J connectivity index is 2.06. The summed E-state index contributed by atoms with van der Waals surface area (Å²) in [6.07, 6.45) is 5.93. The van der Waals surface area contributed by atoms with Crippen molar-refractivity contribution >= 4 is 24.4 Å². The molecule has 0 saturated heterocycles. The van der Waals surface area contributed by atoms with Crippen molar-refractivity contribution in [2.24, 2.45) is 17.8 Å². The monoisotopic (exact) mass is 232 g/mol. The largest absolute Gasteiger partial charge is 0.179 e. The third kappa shape index (κ3) is 4.48. The standard InChI is InChI=1S/C12H24S2/c1-10(2)12(7-13)9-14-8-11-5-3-4-6-11/h10-13H,3-9H2,1-2H3. The lowest BCUT2D eigenvalue weighted by atomic mass is 10.0. The molecule has 1 unspecified atom stereocenters. The minimum atomic E-state index is 0.795. The Labute approximate surface area is 99.0 Å². The summed E-state index contributed by atoms with van der Waals surface area (Å²) < 4.78 is 0. The van der Waals surface area contributed by atoms with Crippen molar-refractivity contribution in [1.82, 2.24) is 0 Å². The average molecular weight is 232 g/mol. The maximum atomic E-state index is 4.42. The molecule has 1 atom stereocenters. The Morgan fingerprint density at radius 3 is 2.43 bits per heavy atom. The maximum Gasteiger partial charge on any atom is -0.00288 e. The SMILES string of the molecule is CC(C)C(CS)CSCC1CCCC1. The van der Waals surface area contributed by atoms with Gasteiger partial charge in [-0.2, -0.15) is 24.4 Å². The lowest BCUT2D eigenvalue weighted by molar-refractivity contribution is 0.472. The molecule has 14 heavy (non-hydrogen) atoms. The Bertz CT molecular complexity index is 139. The van der Waals surface area contributed by atoms with Crippen molar-refractivity contribution in [1.29, 1.82) is 0 Å². The van der Waals surface area contributed by atoms with Gasteiger partial charge in [0.2, 0.25) is 0 Å². The van der Waals surface area contributed by atoms with Crippen molar-refractivity contribution in [2.75, 3.05) is 17.3 Å². The van der Waals surface area contributed by atoms with Crippen LogP contribution in [0.3, 0.4) is 0 Å². The van der Waals surface area contributed by atoms with Crippen LogP contribution in [0, 0.1) is 17.8 Å². The molecule has 0 aromatic rings. The van der Waals surface area contributed by atoms with E-state index >= 15 is 0 Å². The van der Waals surface area contributed by atoms with Gasteiger partial charge in [-0.3, -0.25) is 0 Å². The molecule has 1 aliphatic carbocycles. The molecule has 0 aromatic carbocycles. The van der Waals surface area contributed by atoms with Gasteiger partial charge in [-0.1, -0.05) is 26.7 Å². The maximum absolute atomic E-state index is 4.42. The summed E-state index contributed by atoms with van der Waals surface area (Å²) in [7, 11) is 0. The molecule has 0 spiro atoms. The van der Waals surface area contributed by atoms with Gasteiger partial charge in [-0.05, 0) is 47.9 Å². The van der Waals surface area contributed by atoms with E-state index in [4.69, 9.17) is 0 Å². The molecule has 84 valence electrons. The molecule has 0 amide bonds. The molecule has 0 aromatic heterocycles. The van der Waals surface area contributed by atoms with Crippen molar-refractivity contribution in [3.63, 3.8) is 0 Å². The van der Waals surface area contributed by atoms with E-state index in [0.29, 0.717) is 0 Å². The summed E-state index contributed by atoms with van der Waals surface area (Å²) in [5.74, 6) is 6.41. The first kappa shape index (κ1) is 12.8. The molecule has 2 heteroatoms. The molecule has 0 radical (unpaired) electrons. The molecule has 1 saturated carbocycles. The Kier molecular flexibility index (Phi) is 6.43. The highest BCUT2D eigenvalue weighted by Gasteiger charge is 2.16. The second-order valence-electron chi connectivity index (χ2n) is 4.87. The van der Waals surface area contributed by atoms with Crippen LogP contribution in [0.25, 0.3) is 0 Å². The van der Waals surface area contributed by atoms with Gasteiger partial charge >= 0.3 is 0 Å². The van der Waals surface area contributed by atoms with E-state index in [1.807, 2.05) is 0 Å². The average Bonchev–Trinajstić information content (AvgIpc) is 2.64. The predicted molar refractivity (Wildman–Crippen MR) is 71.5 cm³/mol. The second-order valence-corrected chi connectivity index (χ2v) is 6.31. The Hall–Kier alpha value is 0.700. The van der Waals surface area contributed by atoms with Crippen LogP contribution in [-0.4, -0.2) is 17.3 Å². The second kappa shape index (κ2) is 7.05. The molecular formula is C12H24S2. The van der Waals surface area contributed by atoms with Crippen molar-refractivity contribution < 1.29 is 0 Å². The first-order chi connectivity index (χ1) is 6.74. The van der Waals surface area contributed by atoms with Gasteiger partial charge in [-0.15, -0.1) is 0 Å². The summed E-state index contributed by atoms with van der Waals surface area (Å²) >= 11 is 6.59. The molecule has 0 heterocycles. The summed E-state index contributed by atoms with van der Waals surface area (Å²) in [4.78, 5) is 0. The molecule has 1 fully saturated rings. The normalized spacial score (nSPS) is 20.6. The number of thiol groups is 1. The molecule has 1 aliphatic rings. The van der Waals surface area contributed by atoms with Gasteiger partial charge in [0.05, 0.1) is 0 Å². The van der Waals surface area contributed by atoms with E-state index in [2.05, 4.69) is 38.2 Å². The van der Waals surface area contributed by atoms with E-state index < -0.39 is 0 Å². The van der Waals surface area contributed by atoms with Crippen LogP contribution in [0.5, 0.6) is 0 Å². The third-order valence-electron chi connectivity index (χ3n) is 3.34. The molecular weight excluding hydrogens is 208 g/mol. The van der Waals surface area contributed by atoms with E-state index in [0.717, 1.165) is 23.5 Å². The highest BCUT2D eigenvalue weighted by atomic mass is 32.2. The zero-order valence-electron chi connectivity index (χ0n) is 9.54. The van der Waals surface area contributed by atoms with Gasteiger partial charge in [0.25, 0.3) is 0 Å². The fraction of sp³-hybridized carbons (Fsp3) is 1.00. The van der Waals surface area contributed by atoms with Crippen LogP contribution in [0.2, 0.25) is 0 Å².